The lowest BCUT2D eigenvalue weighted by Crippen LogP contribution is -2.29. The molecular weight excluding hydrogens is 250 g/mol. The van der Waals surface area contributed by atoms with Crippen molar-refractivity contribution in [2.24, 2.45) is 5.41 Å². The summed E-state index contributed by atoms with van der Waals surface area (Å²) in [6.07, 6.45) is 1.49. The van der Waals surface area contributed by atoms with Gasteiger partial charge in [0.25, 0.3) is 5.91 Å². The van der Waals surface area contributed by atoms with Gasteiger partial charge in [0.2, 0.25) is 0 Å². The Morgan fingerprint density at radius 1 is 1.50 bits per heavy atom. The molecule has 1 unspecified atom stereocenters. The Labute approximate surface area is 120 Å². The van der Waals surface area contributed by atoms with Crippen LogP contribution in [0.1, 0.15) is 48.2 Å². The minimum atomic E-state index is -0.0242. The van der Waals surface area contributed by atoms with Gasteiger partial charge in [0.15, 0.2) is 0 Å². The van der Waals surface area contributed by atoms with Crippen molar-refractivity contribution in [1.82, 2.24) is 5.32 Å². The molecule has 106 valence electrons. The summed E-state index contributed by atoms with van der Waals surface area (Å²) in [5.74, 6) is 5.87. The van der Waals surface area contributed by atoms with Crippen LogP contribution in [-0.2, 0) is 0 Å². The van der Waals surface area contributed by atoms with Gasteiger partial charge in [0.05, 0.1) is 6.61 Å². The van der Waals surface area contributed by atoms with Crippen molar-refractivity contribution in [1.29, 1.82) is 0 Å². The summed E-state index contributed by atoms with van der Waals surface area (Å²) in [6.45, 7) is 6.28. The van der Waals surface area contributed by atoms with Gasteiger partial charge in [-0.05, 0) is 36.5 Å². The summed E-state index contributed by atoms with van der Waals surface area (Å²) in [7, 11) is 0. The van der Waals surface area contributed by atoms with E-state index in [1.807, 2.05) is 25.1 Å². The average Bonchev–Trinajstić information content (AvgIpc) is 2.98. The molecule has 1 saturated carbocycles. The average molecular weight is 271 g/mol. The standard InChI is InChI=1S/C17H21NO2/c1-12-13(7-4-5-10-19)8-6-9-14(12)16(20)18-15-11-17(15,2)3/h6,8-9,15,19H,5,10-11H2,1-3H3,(H,18,20). The Balaban J connectivity index is 2.14. The number of rotatable bonds is 3. The van der Waals surface area contributed by atoms with Gasteiger partial charge in [0, 0.05) is 23.6 Å². The first kappa shape index (κ1) is 14.6. The van der Waals surface area contributed by atoms with Gasteiger partial charge in [-0.2, -0.15) is 0 Å². The Hall–Kier alpha value is -1.79. The smallest absolute Gasteiger partial charge is 0.251 e. The minimum Gasteiger partial charge on any atom is -0.395 e. The van der Waals surface area contributed by atoms with Crippen molar-refractivity contribution in [2.45, 2.75) is 39.7 Å². The van der Waals surface area contributed by atoms with Crippen LogP contribution in [0, 0.1) is 24.2 Å². The van der Waals surface area contributed by atoms with E-state index >= 15 is 0 Å². The number of benzene rings is 1. The molecule has 1 atom stereocenters. The Kier molecular flexibility index (Phi) is 4.15. The van der Waals surface area contributed by atoms with Crippen LogP contribution < -0.4 is 5.32 Å². The third-order valence-corrected chi connectivity index (χ3v) is 3.86. The predicted octanol–water partition coefficient (Wildman–Crippen LogP) is 2.26. The van der Waals surface area contributed by atoms with E-state index in [4.69, 9.17) is 5.11 Å². The highest BCUT2D eigenvalue weighted by Gasteiger charge is 2.46. The van der Waals surface area contributed by atoms with Crippen LogP contribution in [-0.4, -0.2) is 23.7 Å². The molecule has 3 heteroatoms. The first-order chi connectivity index (χ1) is 9.45. The molecule has 2 N–H and O–H groups in total. The van der Waals surface area contributed by atoms with E-state index in [0.717, 1.165) is 17.5 Å². The van der Waals surface area contributed by atoms with Crippen LogP contribution in [0.3, 0.4) is 0 Å². The van der Waals surface area contributed by atoms with Crippen molar-refractivity contribution >= 4 is 5.91 Å². The minimum absolute atomic E-state index is 0.0242. The summed E-state index contributed by atoms with van der Waals surface area (Å²) in [6, 6.07) is 5.86. The van der Waals surface area contributed by atoms with Gasteiger partial charge in [0.1, 0.15) is 0 Å². The molecule has 3 nitrogen and oxygen atoms in total. The lowest BCUT2D eigenvalue weighted by atomic mass is 10.0. The molecule has 1 fully saturated rings. The van der Waals surface area contributed by atoms with E-state index < -0.39 is 0 Å². The van der Waals surface area contributed by atoms with E-state index in [9.17, 15) is 4.79 Å². The summed E-state index contributed by atoms with van der Waals surface area (Å²) in [5.41, 5.74) is 2.65. The topological polar surface area (TPSA) is 49.3 Å². The molecule has 0 radical (unpaired) electrons. The Bertz CT molecular complexity index is 578. The molecular formula is C17H21NO2. The van der Waals surface area contributed by atoms with Crippen LogP contribution in [0.15, 0.2) is 18.2 Å². The molecule has 0 heterocycles. The number of hydrogen-bond donors (Lipinski definition) is 2. The highest BCUT2D eigenvalue weighted by atomic mass is 16.2. The lowest BCUT2D eigenvalue weighted by molar-refractivity contribution is 0.0945. The van der Waals surface area contributed by atoms with Gasteiger partial charge >= 0.3 is 0 Å². The van der Waals surface area contributed by atoms with Crippen LogP contribution >= 0.6 is 0 Å². The number of amides is 1. The molecule has 1 aliphatic carbocycles. The van der Waals surface area contributed by atoms with E-state index in [-0.39, 0.29) is 24.0 Å². The number of carbonyl (C=O) groups is 1. The second-order valence-electron chi connectivity index (χ2n) is 5.97. The quantitative estimate of drug-likeness (QED) is 0.828. The fraction of sp³-hybridized carbons (Fsp3) is 0.471. The third kappa shape index (κ3) is 3.20. The first-order valence-electron chi connectivity index (χ1n) is 6.96. The van der Waals surface area contributed by atoms with Gasteiger partial charge in [-0.1, -0.05) is 31.8 Å². The normalized spacial score (nSPS) is 18.9. The zero-order valence-electron chi connectivity index (χ0n) is 12.3. The fourth-order valence-corrected chi connectivity index (χ4v) is 2.18. The van der Waals surface area contributed by atoms with Crippen molar-refractivity contribution in [3.63, 3.8) is 0 Å². The largest absolute Gasteiger partial charge is 0.395 e. The zero-order valence-corrected chi connectivity index (χ0v) is 12.3. The molecule has 1 aromatic carbocycles. The number of carbonyl (C=O) groups excluding carboxylic acids is 1. The predicted molar refractivity (Wildman–Crippen MR) is 79.4 cm³/mol. The number of aliphatic hydroxyl groups is 1. The van der Waals surface area contributed by atoms with Crippen LogP contribution in [0.25, 0.3) is 0 Å². The van der Waals surface area contributed by atoms with Crippen LogP contribution in [0.4, 0.5) is 0 Å². The van der Waals surface area contributed by atoms with Crippen LogP contribution in [0.2, 0.25) is 0 Å². The summed E-state index contributed by atoms with van der Waals surface area (Å²) < 4.78 is 0. The molecule has 1 amide bonds. The molecule has 0 saturated heterocycles. The maximum atomic E-state index is 12.3. The van der Waals surface area contributed by atoms with E-state index in [0.29, 0.717) is 12.0 Å². The summed E-state index contributed by atoms with van der Waals surface area (Å²) in [4.78, 5) is 12.3. The summed E-state index contributed by atoms with van der Waals surface area (Å²) in [5, 5.41) is 11.8. The Morgan fingerprint density at radius 2 is 2.20 bits per heavy atom. The van der Waals surface area contributed by atoms with Crippen LogP contribution in [0.5, 0.6) is 0 Å². The van der Waals surface area contributed by atoms with Crippen molar-refractivity contribution in [3.05, 3.63) is 34.9 Å². The highest BCUT2D eigenvalue weighted by Crippen LogP contribution is 2.44. The van der Waals surface area contributed by atoms with E-state index in [1.165, 1.54) is 0 Å². The molecule has 1 aromatic rings. The molecule has 20 heavy (non-hydrogen) atoms. The van der Waals surface area contributed by atoms with Gasteiger partial charge in [-0.3, -0.25) is 4.79 Å². The molecule has 0 bridgehead atoms. The molecule has 0 spiro atoms. The molecule has 1 aliphatic rings. The molecule has 0 aromatic heterocycles. The van der Waals surface area contributed by atoms with Gasteiger partial charge in [-0.25, -0.2) is 0 Å². The molecule has 2 rings (SSSR count). The van der Waals surface area contributed by atoms with Crippen molar-refractivity contribution in [3.8, 4) is 11.8 Å². The maximum absolute atomic E-state index is 12.3. The zero-order chi connectivity index (χ0) is 14.8. The monoisotopic (exact) mass is 271 g/mol. The fourth-order valence-electron chi connectivity index (χ4n) is 2.18. The van der Waals surface area contributed by atoms with Crippen molar-refractivity contribution < 1.29 is 9.90 Å². The third-order valence-electron chi connectivity index (χ3n) is 3.86. The SMILES string of the molecule is Cc1c(C#CCCO)cccc1C(=O)NC1CC1(C)C. The van der Waals surface area contributed by atoms with Gasteiger partial charge in [-0.15, -0.1) is 0 Å². The van der Waals surface area contributed by atoms with E-state index in [2.05, 4.69) is 31.0 Å². The van der Waals surface area contributed by atoms with Gasteiger partial charge < -0.3 is 10.4 Å². The summed E-state index contributed by atoms with van der Waals surface area (Å²) >= 11 is 0. The lowest BCUT2D eigenvalue weighted by Gasteiger charge is -2.10. The number of nitrogens with one attached hydrogen (secondary N) is 1. The Morgan fingerprint density at radius 3 is 2.80 bits per heavy atom. The second kappa shape index (κ2) is 5.68. The van der Waals surface area contributed by atoms with Crippen molar-refractivity contribution in [2.75, 3.05) is 6.61 Å². The highest BCUT2D eigenvalue weighted by molar-refractivity contribution is 5.96. The van der Waals surface area contributed by atoms with E-state index in [1.54, 1.807) is 0 Å². The number of aliphatic hydroxyl groups excluding tert-OH is 1. The molecule has 0 aliphatic heterocycles. The maximum Gasteiger partial charge on any atom is 0.251 e. The first-order valence-corrected chi connectivity index (χ1v) is 6.96. The number of hydrogen-bond acceptors (Lipinski definition) is 2. The second-order valence-corrected chi connectivity index (χ2v) is 5.97.